The van der Waals surface area contributed by atoms with Crippen LogP contribution in [0.4, 0.5) is 5.82 Å². The summed E-state index contributed by atoms with van der Waals surface area (Å²) in [5.74, 6) is 0.468. The van der Waals surface area contributed by atoms with Crippen molar-refractivity contribution in [3.63, 3.8) is 0 Å². The van der Waals surface area contributed by atoms with Gasteiger partial charge in [0.05, 0.1) is 18.1 Å². The molecule has 0 radical (unpaired) electrons. The lowest BCUT2D eigenvalue weighted by Gasteiger charge is -2.03. The van der Waals surface area contributed by atoms with Crippen molar-refractivity contribution in [3.8, 4) is 0 Å². The van der Waals surface area contributed by atoms with E-state index in [9.17, 15) is 0 Å². The van der Waals surface area contributed by atoms with E-state index in [-0.39, 0.29) is 43.3 Å². The van der Waals surface area contributed by atoms with E-state index >= 15 is 0 Å². The highest BCUT2D eigenvalue weighted by atomic mass is 35.5. The van der Waals surface area contributed by atoms with E-state index in [1.807, 2.05) is 6.92 Å². The quantitative estimate of drug-likeness (QED) is 0.888. The number of hydrogen-bond donors (Lipinski definition) is 2. The van der Waals surface area contributed by atoms with E-state index in [0.29, 0.717) is 5.82 Å². The largest absolute Gasteiger partial charge is 0.382 e. The van der Waals surface area contributed by atoms with Gasteiger partial charge >= 0.3 is 0 Å². The van der Waals surface area contributed by atoms with Crippen LogP contribution in [0.25, 0.3) is 0 Å². The van der Waals surface area contributed by atoms with Gasteiger partial charge in [-0.1, -0.05) is 0 Å². The predicted molar refractivity (Wildman–Crippen MR) is 74.8 cm³/mol. The van der Waals surface area contributed by atoms with Crippen LogP contribution in [0.1, 0.15) is 25.5 Å². The van der Waals surface area contributed by atoms with Crippen molar-refractivity contribution in [2.24, 2.45) is 5.73 Å². The minimum atomic E-state index is 0. The third-order valence-corrected chi connectivity index (χ3v) is 1.82. The molecule has 0 aliphatic carbocycles. The molecule has 0 aromatic carbocycles. The topological polar surface area (TPSA) is 77.8 Å². The molecule has 4 N–H and O–H groups in total. The molecule has 4 nitrogen and oxygen atoms in total. The van der Waals surface area contributed by atoms with E-state index < -0.39 is 0 Å². The second-order valence-electron chi connectivity index (χ2n) is 3.30. The van der Waals surface area contributed by atoms with Crippen molar-refractivity contribution in [1.29, 1.82) is 0 Å². The molecule has 0 spiro atoms. The van der Waals surface area contributed by atoms with Gasteiger partial charge in [-0.05, 0) is 26.2 Å². The summed E-state index contributed by atoms with van der Waals surface area (Å²) in [6.45, 7) is 2.01. The molecule has 7 heteroatoms. The van der Waals surface area contributed by atoms with Crippen LogP contribution in [-0.4, -0.2) is 16.0 Å². The lowest BCUT2D eigenvalue weighted by atomic mass is 10.1. The molecule has 16 heavy (non-hydrogen) atoms. The molecule has 1 aromatic rings. The van der Waals surface area contributed by atoms with Crippen LogP contribution < -0.4 is 11.5 Å². The maximum atomic E-state index is 5.62. The number of hydrogen-bond acceptors (Lipinski definition) is 4. The van der Waals surface area contributed by atoms with Gasteiger partial charge in [-0.15, -0.1) is 37.2 Å². The summed E-state index contributed by atoms with van der Waals surface area (Å²) in [4.78, 5) is 8.11. The standard InChI is InChI=1S/C9H16N4.3ClH/c1-7(10)3-2-4-8-5-13-9(11)6-12-8;;;/h5-7H,2-4,10H2,1H3,(H2,11,13);3*1H/t7-;;;/m0.../s1. The first-order chi connectivity index (χ1) is 6.18. The molecular weight excluding hydrogens is 270 g/mol. The molecule has 1 rings (SSSR count). The van der Waals surface area contributed by atoms with Gasteiger partial charge in [0.1, 0.15) is 5.82 Å². The molecule has 96 valence electrons. The molecule has 0 aliphatic rings. The van der Waals surface area contributed by atoms with E-state index in [1.165, 1.54) is 0 Å². The second-order valence-corrected chi connectivity index (χ2v) is 3.30. The summed E-state index contributed by atoms with van der Waals surface area (Å²) in [7, 11) is 0. The Balaban J connectivity index is -0.000000563. The van der Waals surface area contributed by atoms with Crippen LogP contribution in [0.15, 0.2) is 12.4 Å². The van der Waals surface area contributed by atoms with Crippen LogP contribution in [0.5, 0.6) is 0 Å². The third-order valence-electron chi connectivity index (χ3n) is 1.82. The summed E-state index contributed by atoms with van der Waals surface area (Å²) in [6.07, 6.45) is 6.30. The first-order valence-corrected chi connectivity index (χ1v) is 4.50. The summed E-state index contributed by atoms with van der Waals surface area (Å²) < 4.78 is 0. The molecule has 1 aromatic heterocycles. The zero-order valence-electron chi connectivity index (χ0n) is 9.13. The fraction of sp³-hybridized carbons (Fsp3) is 0.556. The number of nitrogens with zero attached hydrogens (tertiary/aromatic N) is 2. The van der Waals surface area contributed by atoms with Crippen molar-refractivity contribution in [3.05, 3.63) is 18.1 Å². The summed E-state index contributed by atoms with van der Waals surface area (Å²) in [6, 6.07) is 0.266. The lowest BCUT2D eigenvalue weighted by molar-refractivity contribution is 0.619. The highest BCUT2D eigenvalue weighted by Crippen LogP contribution is 2.03. The zero-order chi connectivity index (χ0) is 9.68. The molecule has 0 fully saturated rings. The van der Waals surface area contributed by atoms with Gasteiger partial charge in [-0.25, -0.2) is 4.98 Å². The van der Waals surface area contributed by atoms with E-state index in [1.54, 1.807) is 12.4 Å². The number of halogens is 3. The average Bonchev–Trinajstić information content (AvgIpc) is 2.08. The Morgan fingerprint density at radius 2 is 1.81 bits per heavy atom. The number of nitrogen functional groups attached to an aromatic ring is 1. The molecule has 0 unspecified atom stereocenters. The summed E-state index contributed by atoms with van der Waals surface area (Å²) in [5.41, 5.74) is 12.0. The Labute approximate surface area is 115 Å². The molecular formula is C9H19Cl3N4. The molecule has 1 atom stereocenters. The fourth-order valence-electron chi connectivity index (χ4n) is 1.10. The monoisotopic (exact) mass is 288 g/mol. The maximum Gasteiger partial charge on any atom is 0.141 e. The fourth-order valence-corrected chi connectivity index (χ4v) is 1.10. The van der Waals surface area contributed by atoms with Crippen molar-refractivity contribution >= 4 is 43.0 Å². The number of anilines is 1. The first kappa shape index (κ1) is 21.0. The minimum absolute atomic E-state index is 0. The number of aromatic nitrogens is 2. The molecule has 1 heterocycles. The normalized spacial score (nSPS) is 10.4. The Bertz CT molecular complexity index is 253. The van der Waals surface area contributed by atoms with Gasteiger partial charge < -0.3 is 11.5 Å². The van der Waals surface area contributed by atoms with Crippen LogP contribution >= 0.6 is 37.2 Å². The smallest absolute Gasteiger partial charge is 0.141 e. The minimum Gasteiger partial charge on any atom is -0.382 e. The van der Waals surface area contributed by atoms with Gasteiger partial charge in [-0.3, -0.25) is 4.98 Å². The predicted octanol–water partition coefficient (Wildman–Crippen LogP) is 1.99. The Morgan fingerprint density at radius 1 is 1.19 bits per heavy atom. The number of nitrogens with two attached hydrogens (primary N) is 2. The number of rotatable bonds is 4. The Hall–Kier alpha value is -0.290. The van der Waals surface area contributed by atoms with E-state index in [4.69, 9.17) is 11.5 Å². The van der Waals surface area contributed by atoms with Crippen molar-refractivity contribution in [1.82, 2.24) is 9.97 Å². The van der Waals surface area contributed by atoms with E-state index in [2.05, 4.69) is 9.97 Å². The van der Waals surface area contributed by atoms with Crippen LogP contribution in [0, 0.1) is 0 Å². The molecule has 0 saturated heterocycles. The second kappa shape index (κ2) is 11.2. The lowest BCUT2D eigenvalue weighted by Crippen LogP contribution is -2.14. The molecule has 0 amide bonds. The zero-order valence-corrected chi connectivity index (χ0v) is 11.6. The SMILES string of the molecule is C[C@H](N)CCCc1cnc(N)cn1.Cl.Cl.Cl. The Kier molecular flexibility index (Phi) is 14.7. The first-order valence-electron chi connectivity index (χ1n) is 4.50. The van der Waals surface area contributed by atoms with Crippen molar-refractivity contribution in [2.75, 3.05) is 5.73 Å². The third kappa shape index (κ3) is 8.97. The highest BCUT2D eigenvalue weighted by Gasteiger charge is 1.97. The van der Waals surface area contributed by atoms with Gasteiger partial charge in [-0.2, -0.15) is 0 Å². The van der Waals surface area contributed by atoms with Gasteiger partial charge in [0.25, 0.3) is 0 Å². The van der Waals surface area contributed by atoms with Crippen LogP contribution in [0.2, 0.25) is 0 Å². The number of aryl methyl sites for hydroxylation is 1. The van der Waals surface area contributed by atoms with Crippen molar-refractivity contribution < 1.29 is 0 Å². The highest BCUT2D eigenvalue weighted by molar-refractivity contribution is 5.86. The molecule has 0 saturated carbocycles. The molecule has 0 bridgehead atoms. The van der Waals surface area contributed by atoms with Gasteiger partial charge in [0.2, 0.25) is 0 Å². The van der Waals surface area contributed by atoms with Gasteiger partial charge in [0.15, 0.2) is 0 Å². The Morgan fingerprint density at radius 3 is 2.25 bits per heavy atom. The van der Waals surface area contributed by atoms with Crippen molar-refractivity contribution in [2.45, 2.75) is 32.2 Å². The van der Waals surface area contributed by atoms with Gasteiger partial charge in [0, 0.05) is 6.04 Å². The van der Waals surface area contributed by atoms with Crippen LogP contribution in [-0.2, 0) is 6.42 Å². The summed E-state index contributed by atoms with van der Waals surface area (Å²) >= 11 is 0. The summed E-state index contributed by atoms with van der Waals surface area (Å²) in [5, 5.41) is 0. The maximum absolute atomic E-state index is 5.62. The van der Waals surface area contributed by atoms with Crippen LogP contribution in [0.3, 0.4) is 0 Å². The average molecular weight is 290 g/mol. The van der Waals surface area contributed by atoms with E-state index in [0.717, 1.165) is 25.0 Å². The molecule has 0 aliphatic heterocycles.